The zero-order valence-corrected chi connectivity index (χ0v) is 17.0. The Labute approximate surface area is 189 Å². The van der Waals surface area contributed by atoms with Crippen molar-refractivity contribution < 1.29 is 58.2 Å². The first kappa shape index (κ1) is 25.8. The zero-order valence-electron chi connectivity index (χ0n) is 17.0. The number of benzene rings is 3. The van der Waals surface area contributed by atoms with E-state index in [9.17, 15) is 48.7 Å². The molecule has 0 heterocycles. The Balaban J connectivity index is 2.01. The third-order valence-electron chi connectivity index (χ3n) is 4.48. The molecule has 0 spiro atoms. The van der Waals surface area contributed by atoms with Gasteiger partial charge in [0, 0.05) is 11.6 Å². The van der Waals surface area contributed by atoms with Gasteiger partial charge < -0.3 is 9.47 Å². The summed E-state index contributed by atoms with van der Waals surface area (Å²) in [4.78, 5) is 11.7. The maximum atomic E-state index is 14.5. The molecule has 0 N–H and O–H groups in total. The maximum Gasteiger partial charge on any atom is 0.429 e. The Hall–Kier alpha value is -3.77. The van der Waals surface area contributed by atoms with Gasteiger partial charge in [-0.2, -0.15) is 17.6 Å². The smallest absolute Gasteiger partial charge is 0.429 e. The molecule has 3 nitrogen and oxygen atoms in total. The van der Waals surface area contributed by atoms with Gasteiger partial charge >= 0.3 is 12.2 Å². The molecule has 3 rings (SSSR count). The zero-order chi connectivity index (χ0) is 26.3. The van der Waals surface area contributed by atoms with E-state index in [-0.39, 0.29) is 24.3 Å². The lowest BCUT2D eigenvalue weighted by Crippen LogP contribution is -2.25. The van der Waals surface area contributed by atoms with Crippen LogP contribution in [0.25, 0.3) is 0 Å². The number of rotatable bonds is 7. The van der Waals surface area contributed by atoms with Crippen LogP contribution in [0.4, 0.5) is 43.9 Å². The van der Waals surface area contributed by atoms with E-state index in [1.807, 2.05) is 0 Å². The summed E-state index contributed by atoms with van der Waals surface area (Å²) in [7, 11) is 0. The Morgan fingerprint density at radius 2 is 1.00 bits per heavy atom. The third kappa shape index (κ3) is 5.17. The topological polar surface area (TPSA) is 35.5 Å². The van der Waals surface area contributed by atoms with Gasteiger partial charge in [0.25, 0.3) is 0 Å². The highest BCUT2D eigenvalue weighted by Crippen LogP contribution is 2.39. The molecule has 0 aliphatic rings. The molecule has 0 radical (unpaired) electrons. The molecule has 0 atom stereocenters. The molecule has 35 heavy (non-hydrogen) atoms. The van der Waals surface area contributed by atoms with E-state index >= 15 is 0 Å². The SMILES string of the molecule is CC(=O)c1cc(OC(F)(F)c2ccc(F)c(F)c2F)cc(OC(F)(F)c2ccc(F)c(F)c2F)c1. The molecule has 13 heteroatoms. The molecule has 3 aromatic carbocycles. The van der Waals surface area contributed by atoms with Crippen molar-refractivity contribution in [2.24, 2.45) is 0 Å². The summed E-state index contributed by atoms with van der Waals surface area (Å²) in [5.41, 5.74) is -4.08. The van der Waals surface area contributed by atoms with E-state index in [0.29, 0.717) is 18.2 Å². The summed E-state index contributed by atoms with van der Waals surface area (Å²) in [5.74, 6) is -15.7. The minimum Gasteiger partial charge on any atom is -0.429 e. The van der Waals surface area contributed by atoms with Crippen LogP contribution in [0, 0.1) is 34.9 Å². The number of carbonyl (C=O) groups is 1. The molecule has 186 valence electrons. The summed E-state index contributed by atoms with van der Waals surface area (Å²) in [6.45, 7) is 0.892. The molecule has 0 amide bonds. The predicted octanol–water partition coefficient (Wildman–Crippen LogP) is 6.98. The van der Waals surface area contributed by atoms with Crippen LogP contribution in [-0.2, 0) is 12.2 Å². The lowest BCUT2D eigenvalue weighted by atomic mass is 10.1. The quantitative estimate of drug-likeness (QED) is 0.195. The van der Waals surface area contributed by atoms with Crippen molar-refractivity contribution in [1.29, 1.82) is 0 Å². The van der Waals surface area contributed by atoms with E-state index in [1.165, 1.54) is 0 Å². The van der Waals surface area contributed by atoms with Crippen LogP contribution in [0.5, 0.6) is 11.5 Å². The number of Topliss-reactive ketones (excluding diaryl/α,β-unsaturated/α-hetero) is 1. The first-order chi connectivity index (χ1) is 16.1. The first-order valence-electron chi connectivity index (χ1n) is 9.21. The monoisotopic (exact) mass is 512 g/mol. The van der Waals surface area contributed by atoms with Crippen LogP contribution in [-0.4, -0.2) is 5.78 Å². The van der Waals surface area contributed by atoms with Gasteiger partial charge in [0.2, 0.25) is 0 Å². The molecule has 0 saturated heterocycles. The molecule has 0 aliphatic heterocycles. The van der Waals surface area contributed by atoms with Gasteiger partial charge in [-0.1, -0.05) is 0 Å². The Morgan fingerprint density at radius 1 is 0.629 bits per heavy atom. The number of carbonyl (C=O) groups excluding carboxylic acids is 1. The van der Waals surface area contributed by atoms with Crippen LogP contribution in [0.15, 0.2) is 42.5 Å². The Morgan fingerprint density at radius 3 is 1.34 bits per heavy atom. The van der Waals surface area contributed by atoms with Crippen molar-refractivity contribution in [3.05, 3.63) is 94.1 Å². The average Bonchev–Trinajstić information content (AvgIpc) is 2.74. The van der Waals surface area contributed by atoms with Gasteiger partial charge in [-0.05, 0) is 43.3 Å². The lowest BCUT2D eigenvalue weighted by Gasteiger charge is -2.22. The van der Waals surface area contributed by atoms with E-state index in [2.05, 4.69) is 9.47 Å². The summed E-state index contributed by atoms with van der Waals surface area (Å²) >= 11 is 0. The minimum atomic E-state index is -4.71. The van der Waals surface area contributed by atoms with Crippen LogP contribution in [0.3, 0.4) is 0 Å². The molecular weight excluding hydrogens is 502 g/mol. The lowest BCUT2D eigenvalue weighted by molar-refractivity contribution is -0.190. The second-order valence-electron chi connectivity index (χ2n) is 6.93. The number of ether oxygens (including phenoxy) is 2. The van der Waals surface area contributed by atoms with Crippen LogP contribution < -0.4 is 9.47 Å². The molecule has 3 aromatic rings. The molecule has 0 saturated carbocycles. The van der Waals surface area contributed by atoms with Crippen molar-refractivity contribution in [2.45, 2.75) is 19.1 Å². The van der Waals surface area contributed by atoms with Crippen molar-refractivity contribution in [3.63, 3.8) is 0 Å². The molecule has 0 aliphatic carbocycles. The highest BCUT2D eigenvalue weighted by Gasteiger charge is 2.41. The minimum absolute atomic E-state index is 0.167. The second-order valence-corrected chi connectivity index (χ2v) is 6.93. The third-order valence-corrected chi connectivity index (χ3v) is 4.48. The van der Waals surface area contributed by atoms with E-state index in [1.54, 1.807) is 0 Å². The van der Waals surface area contributed by atoms with E-state index in [4.69, 9.17) is 0 Å². The maximum absolute atomic E-state index is 14.5. The molecule has 0 aromatic heterocycles. The summed E-state index contributed by atoms with van der Waals surface area (Å²) in [6, 6.07) is 2.27. The fraction of sp³-hybridized carbons (Fsp3) is 0.136. The molecular formula is C22H10F10O3. The van der Waals surface area contributed by atoms with Crippen LogP contribution in [0.2, 0.25) is 0 Å². The van der Waals surface area contributed by atoms with Crippen molar-refractivity contribution >= 4 is 5.78 Å². The summed E-state index contributed by atoms with van der Waals surface area (Å²) in [5, 5.41) is 0. The van der Waals surface area contributed by atoms with Crippen molar-refractivity contribution in [3.8, 4) is 11.5 Å². The number of hydrogen-bond donors (Lipinski definition) is 0. The van der Waals surface area contributed by atoms with Crippen LogP contribution in [0.1, 0.15) is 28.4 Å². The largest absolute Gasteiger partial charge is 0.429 e. The highest BCUT2D eigenvalue weighted by molar-refractivity contribution is 5.94. The molecule has 0 unspecified atom stereocenters. The van der Waals surface area contributed by atoms with Crippen molar-refractivity contribution in [1.82, 2.24) is 0 Å². The number of halogens is 10. The summed E-state index contributed by atoms with van der Waals surface area (Å²) < 4.78 is 147. The fourth-order valence-electron chi connectivity index (χ4n) is 2.80. The van der Waals surface area contributed by atoms with Gasteiger partial charge in [-0.15, -0.1) is 0 Å². The van der Waals surface area contributed by atoms with Gasteiger partial charge in [0.05, 0.1) is 0 Å². The van der Waals surface area contributed by atoms with E-state index < -0.39 is 81.1 Å². The Kier molecular flexibility index (Phi) is 6.73. The highest BCUT2D eigenvalue weighted by atomic mass is 19.3. The summed E-state index contributed by atoms with van der Waals surface area (Å²) in [6.07, 6.45) is -9.42. The standard InChI is InChI=1S/C22H10F10O3/c1-9(33)10-6-11(34-21(29,30)13-2-4-15(23)19(27)17(13)25)8-12(7-10)35-22(31,32)14-3-5-16(24)20(28)18(14)26/h2-8H,1H3. The van der Waals surface area contributed by atoms with Gasteiger partial charge in [-0.3, -0.25) is 4.79 Å². The fourth-order valence-corrected chi connectivity index (χ4v) is 2.80. The number of alkyl halides is 4. The van der Waals surface area contributed by atoms with Crippen LogP contribution >= 0.6 is 0 Å². The number of ketones is 1. The van der Waals surface area contributed by atoms with E-state index in [0.717, 1.165) is 6.92 Å². The predicted molar refractivity (Wildman–Crippen MR) is 98.1 cm³/mol. The number of hydrogen-bond acceptors (Lipinski definition) is 3. The molecule has 0 bridgehead atoms. The normalized spacial score (nSPS) is 12.0. The Bertz CT molecular complexity index is 1220. The van der Waals surface area contributed by atoms with Gasteiger partial charge in [-0.25, -0.2) is 26.3 Å². The van der Waals surface area contributed by atoms with Gasteiger partial charge in [0.15, 0.2) is 40.7 Å². The molecule has 0 fully saturated rings. The van der Waals surface area contributed by atoms with Gasteiger partial charge in [0.1, 0.15) is 22.6 Å². The first-order valence-corrected chi connectivity index (χ1v) is 9.21. The second kappa shape index (κ2) is 9.12. The average molecular weight is 512 g/mol. The van der Waals surface area contributed by atoms with Crippen molar-refractivity contribution in [2.75, 3.05) is 0 Å².